The third-order valence-electron chi connectivity index (χ3n) is 4.87. The van der Waals surface area contributed by atoms with Gasteiger partial charge in [-0.3, -0.25) is 10.1 Å². The molecule has 1 aromatic carbocycles. The quantitative estimate of drug-likeness (QED) is 0.404. The normalized spacial score (nSPS) is 13.3. The number of rotatable bonds is 4. The molecule has 1 aliphatic carbocycles. The van der Waals surface area contributed by atoms with E-state index in [0.717, 1.165) is 35.9 Å². The Morgan fingerprint density at radius 2 is 2.11 bits per heavy atom. The first-order valence-electron chi connectivity index (χ1n) is 8.93. The number of nitrogen functional groups attached to an aromatic ring is 1. The molecule has 0 bridgehead atoms. The average molecular weight is 398 g/mol. The summed E-state index contributed by atoms with van der Waals surface area (Å²) in [5.74, 6) is -0.108. The van der Waals surface area contributed by atoms with Crippen LogP contribution >= 0.6 is 11.3 Å². The molecule has 0 fully saturated rings. The van der Waals surface area contributed by atoms with E-state index in [1.807, 2.05) is 0 Å². The predicted octanol–water partition coefficient (Wildman–Crippen LogP) is 3.73. The van der Waals surface area contributed by atoms with Gasteiger partial charge < -0.3 is 10.5 Å². The zero-order valence-electron chi connectivity index (χ0n) is 15.2. The Labute approximate surface area is 164 Å². The maximum atomic E-state index is 12.5. The average Bonchev–Trinajstić information content (AvgIpc) is 3.04. The summed E-state index contributed by atoms with van der Waals surface area (Å²) in [5.41, 5.74) is 7.52. The van der Waals surface area contributed by atoms with E-state index in [1.54, 1.807) is 24.3 Å². The summed E-state index contributed by atoms with van der Waals surface area (Å²) < 4.78 is 5.27. The van der Waals surface area contributed by atoms with Gasteiger partial charge in [0, 0.05) is 10.9 Å². The largest absolute Gasteiger partial charge is 0.454 e. The first kappa shape index (κ1) is 18.3. The Kier molecular flexibility index (Phi) is 4.68. The summed E-state index contributed by atoms with van der Waals surface area (Å²) >= 11 is 1.61. The van der Waals surface area contributed by atoms with Crippen molar-refractivity contribution >= 4 is 39.0 Å². The van der Waals surface area contributed by atoms with Crippen LogP contribution in [-0.2, 0) is 24.2 Å². The molecule has 0 spiro atoms. The molecule has 2 heterocycles. The summed E-state index contributed by atoms with van der Waals surface area (Å²) in [6.45, 7) is 1.42. The van der Waals surface area contributed by atoms with Gasteiger partial charge in [-0.1, -0.05) is 12.1 Å². The fourth-order valence-electron chi connectivity index (χ4n) is 3.57. The minimum atomic E-state index is -0.780. The van der Waals surface area contributed by atoms with Gasteiger partial charge in [-0.05, 0) is 43.7 Å². The summed E-state index contributed by atoms with van der Waals surface area (Å²) in [4.78, 5) is 34.0. The number of nitrogens with zero attached hydrogens (tertiary/aromatic N) is 3. The number of benzene rings is 1. The lowest BCUT2D eigenvalue weighted by atomic mass is 9.97. The monoisotopic (exact) mass is 398 g/mol. The third-order valence-corrected chi connectivity index (χ3v) is 6.06. The van der Waals surface area contributed by atoms with Gasteiger partial charge in [-0.25, -0.2) is 14.8 Å². The molecular formula is C19H18N4O4S. The van der Waals surface area contributed by atoms with E-state index in [0.29, 0.717) is 11.4 Å². The van der Waals surface area contributed by atoms with Crippen molar-refractivity contribution in [2.45, 2.75) is 39.2 Å². The lowest BCUT2D eigenvalue weighted by Gasteiger charge is -2.11. The predicted molar refractivity (Wildman–Crippen MR) is 105 cm³/mol. The number of aryl methyl sites for hydroxylation is 3. The van der Waals surface area contributed by atoms with Crippen LogP contribution in [0.2, 0.25) is 0 Å². The first-order valence-corrected chi connectivity index (χ1v) is 9.75. The van der Waals surface area contributed by atoms with Gasteiger partial charge in [0.25, 0.3) is 5.69 Å². The molecular weight excluding hydrogens is 380 g/mol. The topological polar surface area (TPSA) is 121 Å². The van der Waals surface area contributed by atoms with Crippen LogP contribution in [0.5, 0.6) is 0 Å². The van der Waals surface area contributed by atoms with E-state index in [1.165, 1.54) is 22.6 Å². The van der Waals surface area contributed by atoms with Crippen LogP contribution in [0.25, 0.3) is 10.2 Å². The maximum Gasteiger partial charge on any atom is 0.345 e. The molecule has 0 amide bonds. The SMILES string of the molecule is Cc1cccc([N+](=O)[O-])c1C(=O)OCc1nc(N)c2c3c(sc2n1)CCCC3. The maximum absolute atomic E-state index is 12.5. The number of hydrogen-bond acceptors (Lipinski definition) is 8. The van der Waals surface area contributed by atoms with E-state index >= 15 is 0 Å². The van der Waals surface area contributed by atoms with Gasteiger partial charge in [-0.2, -0.15) is 0 Å². The molecule has 9 heteroatoms. The molecule has 0 aliphatic heterocycles. The number of carbonyl (C=O) groups excluding carboxylic acids is 1. The smallest absolute Gasteiger partial charge is 0.345 e. The number of aromatic nitrogens is 2. The molecule has 1 aliphatic rings. The Hall–Kier alpha value is -3.07. The number of thiophene rings is 1. The molecule has 0 saturated heterocycles. The molecule has 0 atom stereocenters. The highest BCUT2D eigenvalue weighted by atomic mass is 32.1. The summed E-state index contributed by atoms with van der Waals surface area (Å²) in [7, 11) is 0. The van der Waals surface area contributed by atoms with E-state index in [2.05, 4.69) is 9.97 Å². The lowest BCUT2D eigenvalue weighted by molar-refractivity contribution is -0.385. The summed E-state index contributed by atoms with van der Waals surface area (Å²) in [6, 6.07) is 4.43. The number of fused-ring (bicyclic) bond motifs is 3. The highest BCUT2D eigenvalue weighted by molar-refractivity contribution is 7.19. The number of esters is 1. The van der Waals surface area contributed by atoms with Gasteiger partial charge in [0.2, 0.25) is 0 Å². The molecule has 3 aromatic rings. The minimum absolute atomic E-state index is 0.0619. The van der Waals surface area contributed by atoms with Crippen molar-refractivity contribution in [3.8, 4) is 0 Å². The summed E-state index contributed by atoms with van der Waals surface area (Å²) in [6.07, 6.45) is 4.30. The number of nitro benzene ring substituents is 1. The standard InChI is InChI=1S/C19H18N4O4S/c1-10-5-4-7-12(23(25)26)15(10)19(24)27-9-14-21-17(20)16-11-6-2-3-8-13(11)28-18(16)22-14/h4-5,7H,2-3,6,8-9H2,1H3,(H2,20,21,22). The second-order valence-electron chi connectivity index (χ2n) is 6.72. The fraction of sp³-hybridized carbons (Fsp3) is 0.316. The molecule has 0 saturated carbocycles. The molecule has 28 heavy (non-hydrogen) atoms. The lowest BCUT2D eigenvalue weighted by Crippen LogP contribution is -2.12. The molecule has 0 radical (unpaired) electrons. The number of ether oxygens (including phenoxy) is 1. The Bertz CT molecular complexity index is 1110. The molecule has 2 N–H and O–H groups in total. The fourth-order valence-corrected chi connectivity index (χ4v) is 4.86. The van der Waals surface area contributed by atoms with Gasteiger partial charge in [0.15, 0.2) is 12.4 Å². The minimum Gasteiger partial charge on any atom is -0.454 e. The Balaban J connectivity index is 1.60. The van der Waals surface area contributed by atoms with E-state index in [9.17, 15) is 14.9 Å². The van der Waals surface area contributed by atoms with E-state index < -0.39 is 10.9 Å². The van der Waals surface area contributed by atoms with Crippen molar-refractivity contribution in [1.82, 2.24) is 9.97 Å². The van der Waals surface area contributed by atoms with Crippen molar-refractivity contribution in [2.24, 2.45) is 0 Å². The van der Waals surface area contributed by atoms with Crippen LogP contribution in [0.4, 0.5) is 11.5 Å². The molecule has 8 nitrogen and oxygen atoms in total. The van der Waals surface area contributed by atoms with Crippen molar-refractivity contribution in [2.75, 3.05) is 5.73 Å². The third kappa shape index (κ3) is 3.18. The van der Waals surface area contributed by atoms with Crippen LogP contribution < -0.4 is 5.73 Å². The van der Waals surface area contributed by atoms with Crippen molar-refractivity contribution in [1.29, 1.82) is 0 Å². The molecule has 0 unspecified atom stereocenters. The van der Waals surface area contributed by atoms with Crippen LogP contribution in [0.3, 0.4) is 0 Å². The first-order chi connectivity index (χ1) is 13.5. The highest BCUT2D eigenvalue weighted by Gasteiger charge is 2.24. The van der Waals surface area contributed by atoms with Gasteiger partial charge >= 0.3 is 5.97 Å². The molecule has 144 valence electrons. The van der Waals surface area contributed by atoms with Crippen LogP contribution in [-0.4, -0.2) is 20.9 Å². The second kappa shape index (κ2) is 7.16. The van der Waals surface area contributed by atoms with Gasteiger partial charge in [-0.15, -0.1) is 11.3 Å². The Morgan fingerprint density at radius 3 is 2.89 bits per heavy atom. The number of nitro groups is 1. The Morgan fingerprint density at radius 1 is 1.32 bits per heavy atom. The van der Waals surface area contributed by atoms with Gasteiger partial charge in [0.05, 0.1) is 10.3 Å². The molecule has 2 aromatic heterocycles. The number of anilines is 1. The second-order valence-corrected chi connectivity index (χ2v) is 7.80. The molecule has 4 rings (SSSR count). The summed E-state index contributed by atoms with van der Waals surface area (Å²) in [5, 5.41) is 12.1. The van der Waals surface area contributed by atoms with Crippen molar-refractivity contribution < 1.29 is 14.5 Å². The highest BCUT2D eigenvalue weighted by Crippen LogP contribution is 2.37. The number of hydrogen-bond donors (Lipinski definition) is 1. The van der Waals surface area contributed by atoms with Gasteiger partial charge in [0.1, 0.15) is 16.2 Å². The van der Waals surface area contributed by atoms with Crippen LogP contribution in [0, 0.1) is 17.0 Å². The van der Waals surface area contributed by atoms with Crippen LogP contribution in [0.1, 0.15) is 45.0 Å². The van der Waals surface area contributed by atoms with E-state index in [-0.39, 0.29) is 23.7 Å². The van der Waals surface area contributed by atoms with E-state index in [4.69, 9.17) is 10.5 Å². The zero-order valence-corrected chi connectivity index (χ0v) is 16.0. The van der Waals surface area contributed by atoms with Crippen LogP contribution in [0.15, 0.2) is 18.2 Å². The van der Waals surface area contributed by atoms with Crippen molar-refractivity contribution in [3.05, 3.63) is 55.7 Å². The van der Waals surface area contributed by atoms with Crippen molar-refractivity contribution in [3.63, 3.8) is 0 Å². The number of carbonyl (C=O) groups is 1. The number of nitrogens with two attached hydrogens (primary N) is 1. The zero-order chi connectivity index (χ0) is 19.8.